The van der Waals surface area contributed by atoms with E-state index in [2.05, 4.69) is 166 Å². The van der Waals surface area contributed by atoms with E-state index in [1.807, 2.05) is 92.8 Å². The Morgan fingerprint density at radius 3 is 1.93 bits per heavy atom. The number of para-hydroxylation sites is 2. The summed E-state index contributed by atoms with van der Waals surface area (Å²) in [5.74, 6) is -0.0426. The summed E-state index contributed by atoms with van der Waals surface area (Å²) in [4.78, 5) is 14.7. The van der Waals surface area contributed by atoms with Crippen molar-refractivity contribution >= 4 is 46.4 Å². The molecule has 0 N–H and O–H groups in total. The largest absolute Gasteiger partial charge is 0.486 e. The fraction of sp³-hybridized carbons (Fsp3) is 0.159. The summed E-state index contributed by atoms with van der Waals surface area (Å²) in [6.07, 6.45) is 1.99. The number of aromatic nitrogens is 4. The van der Waals surface area contributed by atoms with Gasteiger partial charge in [0, 0.05) is 55.8 Å². The molecule has 70 heavy (non-hydrogen) atoms. The van der Waals surface area contributed by atoms with Gasteiger partial charge in [0.2, 0.25) is 5.71 Å². The van der Waals surface area contributed by atoms with E-state index in [1.54, 1.807) is 0 Å². The Balaban J connectivity index is 0.000000204. The molecule has 0 aliphatic carbocycles. The molecular formula is C63H56IrN4OSi-2. The van der Waals surface area contributed by atoms with Crippen LogP contribution in [0, 0.1) is 19.1 Å². The molecule has 1 atom stereocenters. The van der Waals surface area contributed by atoms with Crippen LogP contribution in [0.4, 0.5) is 0 Å². The minimum atomic E-state index is -1.64. The van der Waals surface area contributed by atoms with Crippen molar-refractivity contribution < 1.29 is 25.9 Å². The fourth-order valence-electron chi connectivity index (χ4n) is 9.19. The Labute approximate surface area is 428 Å². The molecular weight excluding hydrogens is 1050 g/mol. The summed E-state index contributed by atoms with van der Waals surface area (Å²) in [6.45, 7) is 17.7. The molecule has 1 radical (unpaired) electrons. The van der Waals surface area contributed by atoms with Gasteiger partial charge >= 0.3 is 0 Å². The van der Waals surface area contributed by atoms with Gasteiger partial charge in [-0.25, -0.2) is 4.98 Å². The summed E-state index contributed by atoms with van der Waals surface area (Å²) in [5.41, 5.74) is 15.7. The molecule has 0 spiro atoms. The van der Waals surface area contributed by atoms with Crippen LogP contribution >= 0.6 is 0 Å². The number of pyridine rings is 2. The van der Waals surface area contributed by atoms with Gasteiger partial charge in [0.15, 0.2) is 0 Å². The van der Waals surface area contributed by atoms with Crippen LogP contribution < -0.4 is 5.19 Å². The number of imidazole rings is 1. The first-order valence-electron chi connectivity index (χ1n) is 24.2. The van der Waals surface area contributed by atoms with Crippen LogP contribution in [0.3, 0.4) is 0 Å². The normalized spacial score (nSPS) is 12.8. The molecule has 0 saturated carbocycles. The molecule has 5 nitrogen and oxygen atoms in total. The number of hydrogen-bond donors (Lipinski definition) is 0. The summed E-state index contributed by atoms with van der Waals surface area (Å²) >= 11 is 0. The average molecular weight is 1110 g/mol. The van der Waals surface area contributed by atoms with Crippen LogP contribution in [-0.2, 0) is 25.5 Å². The Bertz CT molecular complexity index is 3590. The standard InChI is InChI=1S/C41H32N3O.C22H24NSi.Ir/c1-26-22-23-31-30-18-13-19-32(38(30)45-40(31)42-26)39-43-35-20-11-12-21-36(35)44(39)37-33(27-14-7-5-8-15-27)24-29(41(2,3)4)25-34(37)28-16-9-6-10-17-28;1-17(18-11-7-5-8-12-18)20-15-21(19-13-9-6-10-14-19)23-16-22(20)24(2,3)4;/h5-18,20-25H,1-4H3;5-13,15-17H,1-4H3;/q2*-1;/i;17D;. The first-order chi connectivity index (χ1) is 33.7. The number of nitrogens with zero attached hydrogens (tertiary/aromatic N) is 4. The maximum atomic E-state index is 9.17. The molecule has 0 fully saturated rings. The van der Waals surface area contributed by atoms with Crippen molar-refractivity contribution in [1.82, 2.24) is 19.5 Å². The minimum absolute atomic E-state index is 0. The maximum Gasteiger partial charge on any atom is 0.216 e. The van der Waals surface area contributed by atoms with Gasteiger partial charge in [-0.2, -0.15) is 0 Å². The van der Waals surface area contributed by atoms with Gasteiger partial charge < -0.3 is 14.0 Å². The molecule has 1 unspecified atom stereocenters. The zero-order valence-electron chi connectivity index (χ0n) is 41.9. The third kappa shape index (κ3) is 9.50. The first-order valence-corrected chi connectivity index (χ1v) is 27.2. The van der Waals surface area contributed by atoms with Crippen molar-refractivity contribution in [3.8, 4) is 50.6 Å². The maximum absolute atomic E-state index is 9.17. The van der Waals surface area contributed by atoms with Gasteiger partial charge in [0.25, 0.3) is 0 Å². The predicted octanol–water partition coefficient (Wildman–Crippen LogP) is 16.0. The van der Waals surface area contributed by atoms with Crippen molar-refractivity contribution in [2.45, 2.75) is 65.6 Å². The fourth-order valence-corrected chi connectivity index (χ4v) is 10.7. The molecule has 0 saturated heterocycles. The SMILES string of the molecule is Cc1ccc2c(n1)oc1c(-c3nc4ccccc4n3-c3c(-c4ccccc4)cc(C(C)(C)C)cc3-c3ccccc3)[c-]ccc12.[2H]C(C)(c1ccccc1)c1cc(-c2[c-]cccc2)ncc1[Si](C)(C)C.[Ir]. The number of benzene rings is 7. The monoisotopic (exact) mass is 1110 g/mol. The van der Waals surface area contributed by atoms with Crippen molar-refractivity contribution in [2.24, 2.45) is 0 Å². The number of furan rings is 1. The second kappa shape index (κ2) is 19.8. The molecule has 0 amide bonds. The number of aryl methyl sites for hydroxylation is 1. The Kier molecular flexibility index (Phi) is 13.2. The van der Waals surface area contributed by atoms with E-state index < -0.39 is 14.0 Å². The van der Waals surface area contributed by atoms with E-state index in [0.29, 0.717) is 5.71 Å². The smallest absolute Gasteiger partial charge is 0.216 e. The van der Waals surface area contributed by atoms with Gasteiger partial charge in [0.1, 0.15) is 0 Å². The Morgan fingerprint density at radius 1 is 0.671 bits per heavy atom. The molecule has 11 rings (SSSR count). The van der Waals surface area contributed by atoms with E-state index in [9.17, 15) is 1.37 Å². The van der Waals surface area contributed by atoms with Gasteiger partial charge in [-0.05, 0) is 87.4 Å². The topological polar surface area (TPSA) is 56.7 Å². The predicted molar refractivity (Wildman–Crippen MR) is 290 cm³/mol. The average Bonchev–Trinajstić information content (AvgIpc) is 3.95. The summed E-state index contributed by atoms with van der Waals surface area (Å²) in [6, 6.07) is 69.4. The number of hydrogen-bond acceptors (Lipinski definition) is 4. The zero-order chi connectivity index (χ0) is 48.8. The van der Waals surface area contributed by atoms with Crippen LogP contribution in [0.5, 0.6) is 0 Å². The summed E-state index contributed by atoms with van der Waals surface area (Å²) in [5, 5.41) is 3.23. The quantitative estimate of drug-likeness (QED) is 0.112. The Morgan fingerprint density at radius 2 is 1.30 bits per heavy atom. The number of fused-ring (bicyclic) bond motifs is 4. The van der Waals surface area contributed by atoms with E-state index in [4.69, 9.17) is 19.4 Å². The minimum Gasteiger partial charge on any atom is -0.486 e. The van der Waals surface area contributed by atoms with E-state index in [1.165, 1.54) is 10.8 Å². The third-order valence-corrected chi connectivity index (χ3v) is 14.9. The van der Waals surface area contributed by atoms with Crippen LogP contribution in [0.2, 0.25) is 19.6 Å². The summed E-state index contributed by atoms with van der Waals surface area (Å²) < 4.78 is 18.0. The van der Waals surface area contributed by atoms with Crippen LogP contribution in [0.1, 0.15) is 57.3 Å². The second-order valence-electron chi connectivity index (χ2n) is 19.8. The van der Waals surface area contributed by atoms with Crippen molar-refractivity contribution in [3.05, 3.63) is 223 Å². The van der Waals surface area contributed by atoms with Crippen molar-refractivity contribution in [3.63, 3.8) is 0 Å². The van der Waals surface area contributed by atoms with Crippen molar-refractivity contribution in [2.75, 3.05) is 0 Å². The van der Waals surface area contributed by atoms with Crippen LogP contribution in [0.25, 0.3) is 83.7 Å². The van der Waals surface area contributed by atoms with Crippen molar-refractivity contribution in [1.29, 1.82) is 0 Å². The molecule has 349 valence electrons. The molecule has 7 heteroatoms. The van der Waals surface area contributed by atoms with Gasteiger partial charge in [-0.1, -0.05) is 167 Å². The van der Waals surface area contributed by atoms with Gasteiger partial charge in [-0.15, -0.1) is 54.1 Å². The molecule has 4 heterocycles. The first kappa shape index (κ1) is 46.7. The summed E-state index contributed by atoms with van der Waals surface area (Å²) in [7, 11) is -1.64. The van der Waals surface area contributed by atoms with E-state index >= 15 is 0 Å². The molecule has 7 aromatic carbocycles. The molecule has 0 bridgehead atoms. The second-order valence-corrected chi connectivity index (χ2v) is 24.8. The molecule has 11 aromatic rings. The van der Waals surface area contributed by atoms with E-state index in [0.717, 1.165) is 94.8 Å². The van der Waals surface area contributed by atoms with Crippen LogP contribution in [-0.4, -0.2) is 27.6 Å². The third-order valence-electron chi connectivity index (χ3n) is 12.9. The zero-order valence-corrected chi connectivity index (χ0v) is 44.3. The van der Waals surface area contributed by atoms with E-state index in [-0.39, 0.29) is 25.5 Å². The van der Waals surface area contributed by atoms with Gasteiger partial charge in [-0.3, -0.25) is 4.98 Å². The molecule has 4 aromatic heterocycles. The Hall–Kier alpha value is -7.02. The van der Waals surface area contributed by atoms with Crippen LogP contribution in [0.15, 0.2) is 193 Å². The number of rotatable bonds is 8. The molecule has 0 aliphatic rings. The van der Waals surface area contributed by atoms with Gasteiger partial charge in [0.05, 0.1) is 36.2 Å². The molecule has 0 aliphatic heterocycles.